The van der Waals surface area contributed by atoms with Crippen LogP contribution in [0.15, 0.2) is 12.7 Å². The molecule has 0 saturated heterocycles. The lowest BCUT2D eigenvalue weighted by Crippen LogP contribution is -2.22. The number of halogens is 1. The second kappa shape index (κ2) is 3.23. The molecule has 0 spiro atoms. The molecule has 0 bridgehead atoms. The minimum Gasteiger partial charge on any atom is -0.390 e. The molecule has 1 nitrogen and oxygen atoms in total. The molecule has 9 heavy (non-hydrogen) atoms. The summed E-state index contributed by atoms with van der Waals surface area (Å²) in [6.45, 7) is 6.96. The Kier molecular flexibility index (Phi) is 3.23. The summed E-state index contributed by atoms with van der Waals surface area (Å²) in [5.41, 5.74) is -0.680. The van der Waals surface area contributed by atoms with E-state index < -0.39 is 5.60 Å². The van der Waals surface area contributed by atoms with Gasteiger partial charge in [0.1, 0.15) is 0 Å². The molecule has 0 aliphatic carbocycles. The number of aliphatic hydroxyl groups is 1. The minimum absolute atomic E-state index is 0.120. The van der Waals surface area contributed by atoms with Crippen LogP contribution in [0.4, 0.5) is 0 Å². The highest BCUT2D eigenvalue weighted by atomic mass is 35.5. The van der Waals surface area contributed by atoms with E-state index in [9.17, 15) is 5.11 Å². The Balaban J connectivity index is 3.59. The van der Waals surface area contributed by atoms with Crippen LogP contribution in [0.5, 0.6) is 0 Å². The Hall–Kier alpha value is -0.0100. The number of hydrogen-bond donors (Lipinski definition) is 1. The zero-order valence-electron chi connectivity index (χ0n) is 5.89. The summed E-state index contributed by atoms with van der Waals surface area (Å²) in [7, 11) is 0. The van der Waals surface area contributed by atoms with E-state index in [4.69, 9.17) is 11.6 Å². The fourth-order valence-corrected chi connectivity index (χ4v) is 0.938. The maximum atomic E-state index is 9.19. The van der Waals surface area contributed by atoms with Crippen LogP contribution in [0.1, 0.15) is 20.3 Å². The molecule has 0 fully saturated rings. The Labute approximate surface area is 61.3 Å². The topological polar surface area (TPSA) is 20.2 Å². The lowest BCUT2D eigenvalue weighted by Gasteiger charge is -2.18. The molecule has 1 unspecified atom stereocenters. The predicted octanol–water partition coefficient (Wildman–Crippen LogP) is 1.94. The van der Waals surface area contributed by atoms with Crippen LogP contribution < -0.4 is 0 Å². The van der Waals surface area contributed by atoms with Crippen molar-refractivity contribution in [2.45, 2.75) is 31.2 Å². The second-order valence-corrected chi connectivity index (χ2v) is 3.33. The normalized spacial score (nSPS) is 15.1. The van der Waals surface area contributed by atoms with Crippen LogP contribution in [-0.2, 0) is 0 Å². The van der Waals surface area contributed by atoms with Gasteiger partial charge in [0.05, 0.1) is 11.0 Å². The number of hydrogen-bond acceptors (Lipinski definition) is 1. The SMILES string of the molecule is C=CC(Cl)CC(C)(C)O. The van der Waals surface area contributed by atoms with Crippen molar-refractivity contribution in [3.63, 3.8) is 0 Å². The monoisotopic (exact) mass is 148 g/mol. The fraction of sp³-hybridized carbons (Fsp3) is 0.714. The Morgan fingerprint density at radius 1 is 1.78 bits per heavy atom. The van der Waals surface area contributed by atoms with Gasteiger partial charge < -0.3 is 5.11 Å². The van der Waals surface area contributed by atoms with E-state index in [1.807, 2.05) is 0 Å². The van der Waals surface area contributed by atoms with Gasteiger partial charge in [0, 0.05) is 0 Å². The molecule has 0 radical (unpaired) electrons. The molecule has 0 amide bonds. The van der Waals surface area contributed by atoms with Gasteiger partial charge in [0.2, 0.25) is 0 Å². The molecule has 1 atom stereocenters. The molecule has 2 heteroatoms. The van der Waals surface area contributed by atoms with Gasteiger partial charge in [-0.05, 0) is 20.3 Å². The molecule has 0 saturated carbocycles. The molecular formula is C7H13ClO. The minimum atomic E-state index is -0.680. The lowest BCUT2D eigenvalue weighted by molar-refractivity contribution is 0.0731. The first kappa shape index (κ1) is 8.99. The summed E-state index contributed by atoms with van der Waals surface area (Å²) >= 11 is 5.67. The first-order valence-corrected chi connectivity index (χ1v) is 3.38. The van der Waals surface area contributed by atoms with Crippen molar-refractivity contribution in [3.05, 3.63) is 12.7 Å². The average molecular weight is 149 g/mol. The Morgan fingerprint density at radius 3 is 2.33 bits per heavy atom. The highest BCUT2D eigenvalue weighted by molar-refractivity contribution is 6.21. The van der Waals surface area contributed by atoms with Gasteiger partial charge in [-0.25, -0.2) is 0 Å². The van der Waals surface area contributed by atoms with Crippen LogP contribution in [0.25, 0.3) is 0 Å². The summed E-state index contributed by atoms with van der Waals surface area (Å²) in [5, 5.41) is 9.07. The Bertz CT molecular complexity index is 93.6. The van der Waals surface area contributed by atoms with Gasteiger partial charge in [-0.3, -0.25) is 0 Å². The molecule has 0 aromatic carbocycles. The highest BCUT2D eigenvalue weighted by Gasteiger charge is 2.15. The zero-order chi connectivity index (χ0) is 7.49. The first-order valence-electron chi connectivity index (χ1n) is 2.95. The van der Waals surface area contributed by atoms with Crippen LogP contribution in [0, 0.1) is 0 Å². The molecule has 1 N–H and O–H groups in total. The highest BCUT2D eigenvalue weighted by Crippen LogP contribution is 2.15. The molecule has 0 aromatic rings. The number of alkyl halides is 1. The largest absolute Gasteiger partial charge is 0.390 e. The van der Waals surface area contributed by atoms with E-state index in [-0.39, 0.29) is 5.38 Å². The van der Waals surface area contributed by atoms with E-state index in [0.717, 1.165) is 0 Å². The summed E-state index contributed by atoms with van der Waals surface area (Å²) in [5.74, 6) is 0. The standard InChI is InChI=1S/C7H13ClO/c1-4-6(8)5-7(2,3)9/h4,6,9H,1,5H2,2-3H3. The van der Waals surface area contributed by atoms with Gasteiger partial charge in [-0.15, -0.1) is 18.2 Å². The van der Waals surface area contributed by atoms with Gasteiger partial charge in [0.25, 0.3) is 0 Å². The molecule has 0 heterocycles. The van der Waals surface area contributed by atoms with Crippen molar-refractivity contribution in [2.24, 2.45) is 0 Å². The van der Waals surface area contributed by atoms with Crippen LogP contribution in [-0.4, -0.2) is 16.1 Å². The lowest BCUT2D eigenvalue weighted by atomic mass is 10.0. The molecular weight excluding hydrogens is 136 g/mol. The summed E-state index contributed by atoms with van der Waals surface area (Å²) < 4.78 is 0. The second-order valence-electron chi connectivity index (χ2n) is 2.77. The van der Waals surface area contributed by atoms with E-state index >= 15 is 0 Å². The maximum Gasteiger partial charge on any atom is 0.0608 e. The molecule has 0 aromatic heterocycles. The van der Waals surface area contributed by atoms with E-state index in [0.29, 0.717) is 6.42 Å². The average Bonchev–Trinajstić information content (AvgIpc) is 1.62. The van der Waals surface area contributed by atoms with Crippen molar-refractivity contribution >= 4 is 11.6 Å². The van der Waals surface area contributed by atoms with Gasteiger partial charge >= 0.3 is 0 Å². The van der Waals surface area contributed by atoms with Gasteiger partial charge in [-0.1, -0.05) is 6.08 Å². The van der Waals surface area contributed by atoms with E-state index in [1.54, 1.807) is 19.9 Å². The third-order valence-corrected chi connectivity index (χ3v) is 1.28. The molecule has 0 aliphatic heterocycles. The van der Waals surface area contributed by atoms with Gasteiger partial charge in [-0.2, -0.15) is 0 Å². The third kappa shape index (κ3) is 5.87. The zero-order valence-corrected chi connectivity index (χ0v) is 6.65. The first-order chi connectivity index (χ1) is 3.95. The Morgan fingerprint density at radius 2 is 2.22 bits per heavy atom. The molecule has 54 valence electrons. The molecule has 0 aliphatic rings. The third-order valence-electron chi connectivity index (χ3n) is 0.950. The van der Waals surface area contributed by atoms with Crippen molar-refractivity contribution in [1.29, 1.82) is 0 Å². The molecule has 0 rings (SSSR count). The van der Waals surface area contributed by atoms with E-state index in [1.165, 1.54) is 0 Å². The fourth-order valence-electron chi connectivity index (χ4n) is 0.561. The van der Waals surface area contributed by atoms with E-state index in [2.05, 4.69) is 6.58 Å². The predicted molar refractivity (Wildman–Crippen MR) is 40.8 cm³/mol. The van der Waals surface area contributed by atoms with Crippen LogP contribution in [0.2, 0.25) is 0 Å². The number of rotatable bonds is 3. The summed E-state index contributed by atoms with van der Waals surface area (Å²) in [6, 6.07) is 0. The van der Waals surface area contributed by atoms with Crippen LogP contribution >= 0.6 is 11.6 Å². The summed E-state index contributed by atoms with van der Waals surface area (Å²) in [4.78, 5) is 0. The number of allylic oxidation sites excluding steroid dienone is 1. The quantitative estimate of drug-likeness (QED) is 0.479. The van der Waals surface area contributed by atoms with Crippen molar-refractivity contribution < 1.29 is 5.11 Å². The summed E-state index contributed by atoms with van der Waals surface area (Å²) in [6.07, 6.45) is 2.18. The van der Waals surface area contributed by atoms with Gasteiger partial charge in [0.15, 0.2) is 0 Å². The van der Waals surface area contributed by atoms with Crippen molar-refractivity contribution in [3.8, 4) is 0 Å². The van der Waals surface area contributed by atoms with Crippen molar-refractivity contribution in [2.75, 3.05) is 0 Å². The van der Waals surface area contributed by atoms with Crippen molar-refractivity contribution in [1.82, 2.24) is 0 Å². The smallest absolute Gasteiger partial charge is 0.0608 e. The van der Waals surface area contributed by atoms with Crippen LogP contribution in [0.3, 0.4) is 0 Å². The maximum absolute atomic E-state index is 9.19.